The number of para-hydroxylation sites is 1. The molecule has 154 valence electrons. The third-order valence-corrected chi connectivity index (χ3v) is 5.34. The number of anilines is 2. The number of likely N-dealkylation sites (N-methyl/N-ethyl adjacent to an activating group) is 1. The van der Waals surface area contributed by atoms with Crippen molar-refractivity contribution in [2.75, 3.05) is 30.5 Å². The van der Waals surface area contributed by atoms with Gasteiger partial charge < -0.3 is 14.4 Å². The van der Waals surface area contributed by atoms with Gasteiger partial charge in [-0.25, -0.2) is 22.9 Å². The molecule has 0 fully saturated rings. The second-order valence-corrected chi connectivity index (χ2v) is 7.62. The average molecular weight is 421 g/mol. The number of aromatic nitrogens is 2. The molecule has 0 spiro atoms. The number of aryl methyl sites for hydroxylation is 1. The van der Waals surface area contributed by atoms with Crippen molar-refractivity contribution >= 4 is 33.6 Å². The molecule has 1 aromatic carbocycles. The minimum atomic E-state index is -4.34. The largest absolute Gasteiger partial charge is 0.482 e. The van der Waals surface area contributed by atoms with Crippen molar-refractivity contribution in [2.45, 2.75) is 18.7 Å². The van der Waals surface area contributed by atoms with E-state index in [9.17, 15) is 18.0 Å². The molecule has 3 rings (SSSR count). The van der Waals surface area contributed by atoms with Crippen LogP contribution < -0.4 is 24.4 Å². The second kappa shape index (κ2) is 7.91. The molecule has 2 heterocycles. The highest BCUT2D eigenvalue weighted by atomic mass is 32.2. The van der Waals surface area contributed by atoms with Crippen LogP contribution in [0.2, 0.25) is 0 Å². The number of amides is 3. The first kappa shape index (κ1) is 20.3. The molecule has 3 amide bonds. The van der Waals surface area contributed by atoms with Gasteiger partial charge in [0.1, 0.15) is 16.3 Å². The van der Waals surface area contributed by atoms with Gasteiger partial charge in [0.2, 0.25) is 11.8 Å². The Balaban J connectivity index is 1.88. The molecular formula is C17H19N5O6S. The summed E-state index contributed by atoms with van der Waals surface area (Å²) in [5, 5.41) is 2.25. The number of sulfonamides is 1. The number of rotatable bonds is 5. The molecule has 0 aliphatic carbocycles. The SMILES string of the molecule is CCN1C(=O)COc2cccc(S(=O)(=O)NC(=O)Nc3nc(C)cc(OC)n3)c21. The van der Waals surface area contributed by atoms with E-state index in [1.54, 1.807) is 26.0 Å². The van der Waals surface area contributed by atoms with Crippen molar-refractivity contribution < 1.29 is 27.5 Å². The van der Waals surface area contributed by atoms with Crippen molar-refractivity contribution in [2.24, 2.45) is 0 Å². The lowest BCUT2D eigenvalue weighted by atomic mass is 10.2. The van der Waals surface area contributed by atoms with Gasteiger partial charge in [-0.05, 0) is 26.0 Å². The van der Waals surface area contributed by atoms with Crippen molar-refractivity contribution in [3.63, 3.8) is 0 Å². The summed E-state index contributed by atoms with van der Waals surface area (Å²) in [5.41, 5.74) is 0.599. The maximum Gasteiger partial charge on any atom is 0.335 e. The van der Waals surface area contributed by atoms with Crippen LogP contribution in [0.1, 0.15) is 12.6 Å². The zero-order chi connectivity index (χ0) is 21.2. The number of nitrogens with one attached hydrogen (secondary N) is 2. The lowest BCUT2D eigenvalue weighted by Gasteiger charge is -2.30. The van der Waals surface area contributed by atoms with Crippen LogP contribution in [0.3, 0.4) is 0 Å². The molecule has 0 radical (unpaired) electrons. The number of benzene rings is 1. The van der Waals surface area contributed by atoms with Gasteiger partial charge in [-0.15, -0.1) is 0 Å². The number of fused-ring (bicyclic) bond motifs is 1. The molecule has 12 heteroatoms. The van der Waals surface area contributed by atoms with E-state index in [1.165, 1.54) is 24.1 Å². The summed E-state index contributed by atoms with van der Waals surface area (Å²) in [6.07, 6.45) is 0. The van der Waals surface area contributed by atoms with Crippen LogP contribution >= 0.6 is 0 Å². The number of carbonyl (C=O) groups is 2. The van der Waals surface area contributed by atoms with Crippen LogP contribution in [-0.4, -0.2) is 50.6 Å². The van der Waals surface area contributed by atoms with Crippen LogP contribution in [0.25, 0.3) is 0 Å². The zero-order valence-corrected chi connectivity index (χ0v) is 16.7. The summed E-state index contributed by atoms with van der Waals surface area (Å²) in [4.78, 5) is 33.3. The van der Waals surface area contributed by atoms with E-state index in [-0.39, 0.29) is 47.2 Å². The summed E-state index contributed by atoms with van der Waals surface area (Å²) in [7, 11) is -2.94. The summed E-state index contributed by atoms with van der Waals surface area (Å²) in [5.74, 6) is -0.0609. The molecule has 0 unspecified atom stereocenters. The normalized spacial score (nSPS) is 13.3. The zero-order valence-electron chi connectivity index (χ0n) is 15.9. The lowest BCUT2D eigenvalue weighted by molar-refractivity contribution is -0.121. The number of ether oxygens (including phenoxy) is 2. The molecule has 0 atom stereocenters. The highest BCUT2D eigenvalue weighted by molar-refractivity contribution is 7.90. The Bertz CT molecular complexity index is 1070. The number of hydrogen-bond acceptors (Lipinski definition) is 8. The van der Waals surface area contributed by atoms with E-state index < -0.39 is 16.1 Å². The summed E-state index contributed by atoms with van der Waals surface area (Å²) >= 11 is 0. The quantitative estimate of drug-likeness (QED) is 0.730. The predicted octanol–water partition coefficient (Wildman–Crippen LogP) is 1.05. The van der Waals surface area contributed by atoms with E-state index in [0.29, 0.717) is 5.69 Å². The number of hydrogen-bond donors (Lipinski definition) is 2. The number of nitrogens with zero attached hydrogens (tertiary/aromatic N) is 3. The van der Waals surface area contributed by atoms with Crippen molar-refractivity contribution in [1.82, 2.24) is 14.7 Å². The fourth-order valence-corrected chi connectivity index (χ4v) is 3.91. The first-order valence-electron chi connectivity index (χ1n) is 8.54. The van der Waals surface area contributed by atoms with E-state index in [1.807, 2.05) is 4.72 Å². The standard InChI is InChI=1S/C17H19N5O6S/c1-4-22-14(23)9-28-11-6-5-7-12(15(11)22)29(25,26)21-17(24)20-16-18-10(2)8-13(19-16)27-3/h5-8H,4,9H2,1-3H3,(H2,18,19,20,21,24). The Kier molecular flexibility index (Phi) is 5.55. The monoisotopic (exact) mass is 421 g/mol. The molecular weight excluding hydrogens is 402 g/mol. The summed E-state index contributed by atoms with van der Waals surface area (Å²) in [6.45, 7) is 3.42. The Labute approximate surface area is 167 Å². The van der Waals surface area contributed by atoms with Gasteiger partial charge >= 0.3 is 6.03 Å². The van der Waals surface area contributed by atoms with E-state index in [0.717, 1.165) is 0 Å². The summed E-state index contributed by atoms with van der Waals surface area (Å²) in [6, 6.07) is 4.78. The van der Waals surface area contributed by atoms with E-state index in [2.05, 4.69) is 15.3 Å². The third kappa shape index (κ3) is 4.21. The van der Waals surface area contributed by atoms with Gasteiger partial charge in [0, 0.05) is 18.3 Å². The van der Waals surface area contributed by atoms with Gasteiger partial charge in [0.05, 0.1) is 7.11 Å². The van der Waals surface area contributed by atoms with Crippen LogP contribution in [0, 0.1) is 6.92 Å². The maximum atomic E-state index is 12.8. The first-order valence-corrected chi connectivity index (χ1v) is 10.0. The van der Waals surface area contributed by atoms with Crippen LogP contribution in [0.15, 0.2) is 29.2 Å². The molecule has 29 heavy (non-hydrogen) atoms. The molecule has 0 saturated carbocycles. The molecule has 2 N–H and O–H groups in total. The molecule has 1 aromatic heterocycles. The average Bonchev–Trinajstić information content (AvgIpc) is 2.66. The summed E-state index contributed by atoms with van der Waals surface area (Å²) < 4.78 is 37.9. The maximum absolute atomic E-state index is 12.8. The molecule has 11 nitrogen and oxygen atoms in total. The molecule has 2 aromatic rings. The van der Waals surface area contributed by atoms with Gasteiger partial charge in [0.15, 0.2) is 6.61 Å². The highest BCUT2D eigenvalue weighted by Crippen LogP contribution is 2.37. The topological polar surface area (TPSA) is 140 Å². The fourth-order valence-electron chi connectivity index (χ4n) is 2.78. The van der Waals surface area contributed by atoms with Crippen LogP contribution in [0.5, 0.6) is 11.6 Å². The Morgan fingerprint density at radius 1 is 1.34 bits per heavy atom. The number of carbonyl (C=O) groups excluding carboxylic acids is 2. The van der Waals surface area contributed by atoms with Crippen LogP contribution in [-0.2, 0) is 14.8 Å². The van der Waals surface area contributed by atoms with Gasteiger partial charge in [0.25, 0.3) is 15.9 Å². The third-order valence-electron chi connectivity index (χ3n) is 3.98. The highest BCUT2D eigenvalue weighted by Gasteiger charge is 2.32. The minimum absolute atomic E-state index is 0.0834. The molecule has 0 saturated heterocycles. The van der Waals surface area contributed by atoms with Gasteiger partial charge in [-0.2, -0.15) is 4.98 Å². The molecule has 0 bridgehead atoms. The van der Waals surface area contributed by atoms with Crippen molar-refractivity contribution in [3.8, 4) is 11.6 Å². The van der Waals surface area contributed by atoms with Crippen LogP contribution in [0.4, 0.5) is 16.4 Å². The van der Waals surface area contributed by atoms with Gasteiger partial charge in [-0.3, -0.25) is 10.1 Å². The molecule has 1 aliphatic rings. The lowest BCUT2D eigenvalue weighted by Crippen LogP contribution is -2.41. The smallest absolute Gasteiger partial charge is 0.335 e. The molecule has 1 aliphatic heterocycles. The van der Waals surface area contributed by atoms with E-state index >= 15 is 0 Å². The number of urea groups is 1. The predicted molar refractivity (Wildman–Crippen MR) is 103 cm³/mol. The van der Waals surface area contributed by atoms with Gasteiger partial charge in [-0.1, -0.05) is 6.07 Å². The Morgan fingerprint density at radius 2 is 2.10 bits per heavy atom. The Morgan fingerprint density at radius 3 is 2.79 bits per heavy atom. The first-order chi connectivity index (χ1) is 13.7. The van der Waals surface area contributed by atoms with E-state index in [4.69, 9.17) is 9.47 Å². The second-order valence-electron chi connectivity index (χ2n) is 5.96. The Hall–Kier alpha value is -3.41. The fraction of sp³-hybridized carbons (Fsp3) is 0.294. The minimum Gasteiger partial charge on any atom is -0.482 e. The van der Waals surface area contributed by atoms with Crippen molar-refractivity contribution in [1.29, 1.82) is 0 Å². The van der Waals surface area contributed by atoms with Crippen molar-refractivity contribution in [3.05, 3.63) is 30.0 Å². The number of methoxy groups -OCH3 is 1.